The molecule has 0 aliphatic carbocycles. The second-order valence-corrected chi connectivity index (χ2v) is 9.12. The van der Waals surface area contributed by atoms with E-state index in [-0.39, 0.29) is 11.9 Å². The molecule has 162 valence electrons. The summed E-state index contributed by atoms with van der Waals surface area (Å²) in [5, 5.41) is 3.95. The number of likely N-dealkylation sites (tertiary alicyclic amines) is 1. The fourth-order valence-electron chi connectivity index (χ4n) is 3.74. The van der Waals surface area contributed by atoms with E-state index in [1.54, 1.807) is 18.2 Å². The zero-order valence-corrected chi connectivity index (χ0v) is 19.1. The number of anilines is 1. The van der Waals surface area contributed by atoms with Gasteiger partial charge in [-0.3, -0.25) is 4.79 Å². The van der Waals surface area contributed by atoms with Crippen LogP contribution >= 0.6 is 11.6 Å². The number of hydrogen-bond donors (Lipinski definition) is 1. The Labute approximate surface area is 184 Å². The number of ether oxygens (including phenoxy) is 1. The normalized spacial score (nSPS) is 19.1. The quantitative estimate of drug-likeness (QED) is 0.637. The van der Waals surface area contributed by atoms with Crippen molar-refractivity contribution in [1.82, 2.24) is 9.88 Å². The van der Waals surface area contributed by atoms with Gasteiger partial charge in [0.15, 0.2) is 0 Å². The number of carbonyl (C=O) groups is 1. The van der Waals surface area contributed by atoms with Crippen molar-refractivity contribution in [2.45, 2.75) is 46.6 Å². The summed E-state index contributed by atoms with van der Waals surface area (Å²) in [6.07, 6.45) is 2.05. The Balaban J connectivity index is 1.79. The van der Waals surface area contributed by atoms with E-state index in [1.807, 2.05) is 30.0 Å². The van der Waals surface area contributed by atoms with E-state index in [2.05, 4.69) is 31.1 Å². The molecule has 1 saturated heterocycles. The molecule has 30 heavy (non-hydrogen) atoms. The van der Waals surface area contributed by atoms with Crippen LogP contribution in [0.3, 0.4) is 0 Å². The van der Waals surface area contributed by atoms with Crippen molar-refractivity contribution in [3.8, 4) is 5.75 Å². The molecular formula is C24H32ClN3O2. The lowest BCUT2D eigenvalue weighted by Crippen LogP contribution is -2.49. The highest BCUT2D eigenvalue weighted by Gasteiger charge is 2.32. The average Bonchev–Trinajstić information content (AvgIpc) is 2.71. The van der Waals surface area contributed by atoms with Gasteiger partial charge in [-0.25, -0.2) is 4.98 Å². The summed E-state index contributed by atoms with van der Waals surface area (Å²) < 4.78 is 5.94. The number of nitrogens with one attached hydrogen (secondary N) is 1. The van der Waals surface area contributed by atoms with E-state index in [4.69, 9.17) is 16.3 Å². The number of piperidine rings is 1. The third kappa shape index (κ3) is 5.88. The maximum Gasteiger partial charge on any atom is 0.257 e. The van der Waals surface area contributed by atoms with Crippen LogP contribution in [0.5, 0.6) is 5.75 Å². The van der Waals surface area contributed by atoms with Crippen molar-refractivity contribution in [3.05, 3.63) is 52.7 Å². The van der Waals surface area contributed by atoms with Crippen molar-refractivity contribution in [1.29, 1.82) is 0 Å². The van der Waals surface area contributed by atoms with E-state index in [0.29, 0.717) is 41.3 Å². The molecule has 6 heteroatoms. The molecule has 2 aromatic rings. The average molecular weight is 430 g/mol. The zero-order valence-electron chi connectivity index (χ0n) is 18.3. The summed E-state index contributed by atoms with van der Waals surface area (Å²) >= 11 is 6.24. The summed E-state index contributed by atoms with van der Waals surface area (Å²) in [5.41, 5.74) is 1.51. The molecule has 5 nitrogen and oxygen atoms in total. The molecule has 0 bridgehead atoms. The number of benzene rings is 1. The van der Waals surface area contributed by atoms with Crippen LogP contribution in [0.2, 0.25) is 5.02 Å². The summed E-state index contributed by atoms with van der Waals surface area (Å²) in [6, 6.07) is 11.3. The number of rotatable bonds is 7. The van der Waals surface area contributed by atoms with Gasteiger partial charge in [0.05, 0.1) is 12.2 Å². The molecule has 2 atom stereocenters. The first kappa shape index (κ1) is 22.4. The molecule has 0 saturated carbocycles. The van der Waals surface area contributed by atoms with Crippen LogP contribution in [-0.4, -0.2) is 41.5 Å². The van der Waals surface area contributed by atoms with Gasteiger partial charge in [-0.05, 0) is 61.9 Å². The molecule has 0 unspecified atom stereocenters. The summed E-state index contributed by atoms with van der Waals surface area (Å²) in [7, 11) is 0. The number of hydrogen-bond acceptors (Lipinski definition) is 4. The number of carbonyl (C=O) groups excluding carboxylic acids is 1. The molecule has 1 amide bonds. The molecule has 1 aromatic carbocycles. The summed E-state index contributed by atoms with van der Waals surface area (Å²) in [6.45, 7) is 10.3. The van der Waals surface area contributed by atoms with E-state index in [1.165, 1.54) is 0 Å². The van der Waals surface area contributed by atoms with Crippen LogP contribution in [0.25, 0.3) is 0 Å². The van der Waals surface area contributed by atoms with Crippen molar-refractivity contribution in [2.75, 3.05) is 25.0 Å². The molecule has 2 heterocycles. The molecule has 3 rings (SSSR count). The molecule has 1 aromatic heterocycles. The van der Waals surface area contributed by atoms with E-state index >= 15 is 0 Å². The van der Waals surface area contributed by atoms with E-state index in [9.17, 15) is 4.79 Å². The number of nitrogens with zero attached hydrogens (tertiary/aromatic N) is 2. The van der Waals surface area contributed by atoms with Crippen molar-refractivity contribution < 1.29 is 9.53 Å². The Hall–Kier alpha value is -2.27. The minimum absolute atomic E-state index is 0.0215. The Morgan fingerprint density at radius 3 is 2.83 bits per heavy atom. The van der Waals surface area contributed by atoms with Crippen molar-refractivity contribution >= 4 is 23.3 Å². The van der Waals surface area contributed by atoms with Crippen LogP contribution < -0.4 is 10.1 Å². The fourth-order valence-corrected chi connectivity index (χ4v) is 3.91. The molecule has 0 radical (unpaired) electrons. The van der Waals surface area contributed by atoms with Crippen LogP contribution in [0.4, 0.5) is 5.82 Å². The molecule has 1 aliphatic rings. The Bertz CT molecular complexity index is 871. The lowest BCUT2D eigenvalue weighted by atomic mass is 9.93. The van der Waals surface area contributed by atoms with Crippen molar-refractivity contribution in [3.63, 3.8) is 0 Å². The van der Waals surface area contributed by atoms with Crippen molar-refractivity contribution in [2.24, 2.45) is 11.8 Å². The predicted molar refractivity (Wildman–Crippen MR) is 122 cm³/mol. The summed E-state index contributed by atoms with van der Waals surface area (Å²) in [4.78, 5) is 20.1. The highest BCUT2D eigenvalue weighted by Crippen LogP contribution is 2.29. The third-order valence-corrected chi connectivity index (χ3v) is 5.59. The first-order valence-corrected chi connectivity index (χ1v) is 11.1. The number of amides is 1. The Morgan fingerprint density at radius 2 is 2.10 bits per heavy atom. The maximum atomic E-state index is 13.6. The number of aromatic nitrogens is 1. The molecule has 1 fully saturated rings. The van der Waals surface area contributed by atoms with E-state index < -0.39 is 0 Å². The van der Waals surface area contributed by atoms with Crippen LogP contribution in [0.15, 0.2) is 36.4 Å². The Kier molecular flexibility index (Phi) is 7.59. The lowest BCUT2D eigenvalue weighted by molar-refractivity contribution is 0.0560. The highest BCUT2D eigenvalue weighted by atomic mass is 35.5. The molecule has 1 N–H and O–H groups in total. The number of pyridine rings is 1. The monoisotopic (exact) mass is 429 g/mol. The van der Waals surface area contributed by atoms with Crippen LogP contribution in [0, 0.1) is 18.8 Å². The molecule has 1 aliphatic heterocycles. The summed E-state index contributed by atoms with van der Waals surface area (Å²) in [5.74, 6) is 2.25. The van der Waals surface area contributed by atoms with Gasteiger partial charge < -0.3 is 15.0 Å². The van der Waals surface area contributed by atoms with Crippen LogP contribution in [0.1, 0.15) is 49.7 Å². The predicted octanol–water partition coefficient (Wildman–Crippen LogP) is 5.43. The SMILES string of the molecule is Cc1cccc(NC[C@@H]2CC[C@H](C)CN2C(=O)c2cc(Cl)ccc2OCC(C)C)n1. The fraction of sp³-hybridized carbons (Fsp3) is 0.500. The van der Waals surface area contributed by atoms with Gasteiger partial charge in [0.25, 0.3) is 5.91 Å². The van der Waals surface area contributed by atoms with E-state index in [0.717, 1.165) is 30.9 Å². The third-order valence-electron chi connectivity index (χ3n) is 5.35. The lowest BCUT2D eigenvalue weighted by Gasteiger charge is -2.39. The minimum atomic E-state index is -0.0215. The maximum absolute atomic E-state index is 13.6. The number of halogens is 1. The first-order valence-electron chi connectivity index (χ1n) is 10.7. The molecule has 0 spiro atoms. The second kappa shape index (κ2) is 10.2. The van der Waals surface area contributed by atoms with Crippen LogP contribution in [-0.2, 0) is 0 Å². The van der Waals surface area contributed by atoms with Gasteiger partial charge in [-0.1, -0.05) is 38.4 Å². The van der Waals surface area contributed by atoms with Gasteiger partial charge in [-0.15, -0.1) is 0 Å². The van der Waals surface area contributed by atoms with Gasteiger partial charge in [0, 0.05) is 29.8 Å². The first-order chi connectivity index (χ1) is 14.3. The Morgan fingerprint density at radius 1 is 1.30 bits per heavy atom. The topological polar surface area (TPSA) is 54.5 Å². The standard InChI is InChI=1S/C24H32ClN3O2/c1-16(2)15-30-22-11-9-19(25)12-21(22)24(29)28-14-17(3)8-10-20(28)13-26-23-7-5-6-18(4)27-23/h5-7,9,11-12,16-17,20H,8,10,13-15H2,1-4H3,(H,26,27)/t17-,20-/m0/s1. The smallest absolute Gasteiger partial charge is 0.257 e. The second-order valence-electron chi connectivity index (χ2n) is 8.68. The highest BCUT2D eigenvalue weighted by molar-refractivity contribution is 6.31. The van der Waals surface area contributed by atoms with Gasteiger partial charge in [0.1, 0.15) is 11.6 Å². The molecular weight excluding hydrogens is 398 g/mol. The van der Waals surface area contributed by atoms with Gasteiger partial charge in [0.2, 0.25) is 0 Å². The van der Waals surface area contributed by atoms with Gasteiger partial charge >= 0.3 is 0 Å². The minimum Gasteiger partial charge on any atom is -0.492 e. The largest absolute Gasteiger partial charge is 0.492 e. The zero-order chi connectivity index (χ0) is 21.7. The van der Waals surface area contributed by atoms with Gasteiger partial charge in [-0.2, -0.15) is 0 Å². The number of aryl methyl sites for hydroxylation is 1.